The maximum Gasteiger partial charge on any atom is 0.391 e. The van der Waals surface area contributed by atoms with E-state index < -0.39 is 18.0 Å². The number of nitrogens with one attached hydrogen (secondary N) is 4. The van der Waals surface area contributed by atoms with Crippen molar-refractivity contribution in [3.05, 3.63) is 0 Å². The third-order valence-electron chi connectivity index (χ3n) is 9.02. The van der Waals surface area contributed by atoms with Crippen LogP contribution >= 0.6 is 0 Å². The molecule has 4 rings (SSSR count). The van der Waals surface area contributed by atoms with E-state index in [9.17, 15) is 18.0 Å². The van der Waals surface area contributed by atoms with Gasteiger partial charge in [0, 0.05) is 43.8 Å². The number of nitrogens with two attached hydrogens (primary N) is 2. The molecule has 3 saturated heterocycles. The van der Waals surface area contributed by atoms with Gasteiger partial charge in [-0.15, -0.1) is 0 Å². The van der Waals surface area contributed by atoms with Gasteiger partial charge in [-0.2, -0.15) is 13.2 Å². The normalized spacial score (nSPS) is 41.4. The number of piperidine rings is 2. The highest BCUT2D eigenvalue weighted by Crippen LogP contribution is 2.41. The van der Waals surface area contributed by atoms with E-state index in [0.29, 0.717) is 25.3 Å². The average molecular weight is 518 g/mol. The van der Waals surface area contributed by atoms with Crippen molar-refractivity contribution in [2.45, 2.75) is 108 Å². The van der Waals surface area contributed by atoms with E-state index in [0.717, 1.165) is 38.8 Å². The smallest absolute Gasteiger partial charge is 0.369 e. The standard InChI is InChI=1S/C25H46F3N7O/c1-14(2)20-10-18(11-21(33-20)15-5-7-16(8-6-15)25(26,27)28)32-23-19(22(30)36)12-31-24(34-23)35-9-3-4-17(29)13-35/h14-21,23-24,31-34H,3-13,29H2,1-2H3,(H2,30,36)/t15?,16?,17-,18?,19?,20?,21?,23?,24?/m0/s1. The first-order valence-electron chi connectivity index (χ1n) is 13.9. The molecule has 1 amide bonds. The summed E-state index contributed by atoms with van der Waals surface area (Å²) in [7, 11) is 0. The molecule has 3 aliphatic heterocycles. The summed E-state index contributed by atoms with van der Waals surface area (Å²) in [6.07, 6.45) is 1.00. The number of primary amides is 1. The largest absolute Gasteiger partial charge is 0.391 e. The van der Waals surface area contributed by atoms with Gasteiger partial charge in [-0.05, 0) is 63.2 Å². The fourth-order valence-electron chi connectivity index (χ4n) is 6.79. The first-order valence-corrected chi connectivity index (χ1v) is 13.9. The van der Waals surface area contributed by atoms with Crippen LogP contribution in [0.4, 0.5) is 13.2 Å². The van der Waals surface area contributed by atoms with Crippen molar-refractivity contribution in [1.82, 2.24) is 26.2 Å². The van der Waals surface area contributed by atoms with Crippen LogP contribution in [0, 0.1) is 23.7 Å². The molecule has 4 fully saturated rings. The van der Waals surface area contributed by atoms with E-state index in [1.54, 1.807) is 0 Å². The molecule has 3 heterocycles. The molecule has 8 N–H and O–H groups in total. The number of nitrogens with zero attached hydrogens (tertiary/aromatic N) is 1. The summed E-state index contributed by atoms with van der Waals surface area (Å²) in [5.41, 5.74) is 12.0. The molecule has 0 aromatic rings. The van der Waals surface area contributed by atoms with Crippen molar-refractivity contribution < 1.29 is 18.0 Å². The SMILES string of the molecule is CC(C)C1CC(NC2NC(N3CCC[C@H](N)C3)NCC2C(N)=O)CC(C2CCC(C(F)(F)F)CC2)N1. The van der Waals surface area contributed by atoms with Crippen LogP contribution in [0.1, 0.15) is 65.2 Å². The number of alkyl halides is 3. The van der Waals surface area contributed by atoms with E-state index in [1.165, 1.54) is 0 Å². The minimum absolute atomic E-state index is 0.0829. The fourth-order valence-corrected chi connectivity index (χ4v) is 6.79. The first-order chi connectivity index (χ1) is 17.0. The number of halogens is 3. The van der Waals surface area contributed by atoms with Crippen molar-refractivity contribution >= 4 is 5.91 Å². The molecule has 11 heteroatoms. The Bertz CT molecular complexity index is 731. The number of rotatable bonds is 6. The molecule has 0 radical (unpaired) electrons. The van der Waals surface area contributed by atoms with Gasteiger partial charge < -0.3 is 16.8 Å². The number of hydrogen-bond donors (Lipinski definition) is 6. The van der Waals surface area contributed by atoms with Gasteiger partial charge in [-0.1, -0.05) is 13.8 Å². The summed E-state index contributed by atoms with van der Waals surface area (Å²) in [4.78, 5) is 14.6. The van der Waals surface area contributed by atoms with Crippen molar-refractivity contribution in [2.75, 3.05) is 19.6 Å². The molecule has 0 spiro atoms. The maximum absolute atomic E-state index is 13.2. The summed E-state index contributed by atoms with van der Waals surface area (Å²) in [6, 6.07) is 0.728. The van der Waals surface area contributed by atoms with Gasteiger partial charge >= 0.3 is 6.18 Å². The van der Waals surface area contributed by atoms with E-state index in [4.69, 9.17) is 11.5 Å². The molecular formula is C25H46F3N7O. The first kappa shape index (κ1) is 28.0. The summed E-state index contributed by atoms with van der Waals surface area (Å²) in [6.45, 7) is 6.59. The Hall–Kier alpha value is -0.980. The summed E-state index contributed by atoms with van der Waals surface area (Å²) in [5.74, 6) is -1.27. The molecular weight excluding hydrogens is 471 g/mol. The second-order valence-corrected chi connectivity index (χ2v) is 12.0. The van der Waals surface area contributed by atoms with Crippen LogP contribution in [-0.4, -0.2) is 73.2 Å². The third kappa shape index (κ3) is 6.91. The van der Waals surface area contributed by atoms with Gasteiger partial charge in [-0.3, -0.25) is 25.6 Å². The van der Waals surface area contributed by atoms with Crippen LogP contribution in [0.15, 0.2) is 0 Å². The van der Waals surface area contributed by atoms with E-state index in [2.05, 4.69) is 40.0 Å². The molecule has 0 bridgehead atoms. The van der Waals surface area contributed by atoms with Crippen molar-refractivity contribution in [3.8, 4) is 0 Å². The minimum Gasteiger partial charge on any atom is -0.369 e. The Morgan fingerprint density at radius 3 is 2.42 bits per heavy atom. The van der Waals surface area contributed by atoms with Crippen molar-refractivity contribution in [2.24, 2.45) is 35.1 Å². The Morgan fingerprint density at radius 2 is 1.81 bits per heavy atom. The fraction of sp³-hybridized carbons (Fsp3) is 0.960. The zero-order valence-corrected chi connectivity index (χ0v) is 21.7. The lowest BCUT2D eigenvalue weighted by atomic mass is 9.74. The van der Waals surface area contributed by atoms with Gasteiger partial charge in [0.1, 0.15) is 6.29 Å². The van der Waals surface area contributed by atoms with E-state index in [1.807, 2.05) is 0 Å². The number of carbonyl (C=O) groups excluding carboxylic acids is 1. The van der Waals surface area contributed by atoms with Gasteiger partial charge in [-0.25, -0.2) is 0 Å². The van der Waals surface area contributed by atoms with Gasteiger partial charge in [0.15, 0.2) is 0 Å². The average Bonchev–Trinajstić information content (AvgIpc) is 2.83. The summed E-state index contributed by atoms with van der Waals surface area (Å²) < 4.78 is 39.6. The molecule has 7 atom stereocenters. The quantitative estimate of drug-likeness (QED) is 0.315. The monoisotopic (exact) mass is 517 g/mol. The highest BCUT2D eigenvalue weighted by atomic mass is 19.4. The lowest BCUT2D eigenvalue weighted by Crippen LogP contribution is -2.72. The molecule has 1 saturated carbocycles. The molecule has 6 unspecified atom stereocenters. The molecule has 4 aliphatic rings. The van der Waals surface area contributed by atoms with Crippen LogP contribution in [0.25, 0.3) is 0 Å². The predicted octanol–water partition coefficient (Wildman–Crippen LogP) is 1.42. The Morgan fingerprint density at radius 1 is 1.08 bits per heavy atom. The van der Waals surface area contributed by atoms with Gasteiger partial charge in [0.05, 0.1) is 18.0 Å². The Balaban J connectivity index is 1.41. The molecule has 8 nitrogen and oxygen atoms in total. The van der Waals surface area contributed by atoms with E-state index in [-0.39, 0.29) is 61.3 Å². The van der Waals surface area contributed by atoms with Crippen molar-refractivity contribution in [1.29, 1.82) is 0 Å². The van der Waals surface area contributed by atoms with Crippen LogP contribution in [-0.2, 0) is 4.79 Å². The lowest BCUT2D eigenvalue weighted by molar-refractivity contribution is -0.184. The number of hydrogen-bond acceptors (Lipinski definition) is 7. The zero-order valence-electron chi connectivity index (χ0n) is 21.7. The second-order valence-electron chi connectivity index (χ2n) is 12.0. The molecule has 1 aliphatic carbocycles. The number of likely N-dealkylation sites (tertiary alicyclic amines) is 1. The Labute approximate surface area is 213 Å². The summed E-state index contributed by atoms with van der Waals surface area (Å²) in [5, 5.41) is 14.5. The molecule has 36 heavy (non-hydrogen) atoms. The topological polar surface area (TPSA) is 120 Å². The number of amides is 1. The predicted molar refractivity (Wildman–Crippen MR) is 133 cm³/mol. The van der Waals surface area contributed by atoms with Gasteiger partial charge in [0.25, 0.3) is 0 Å². The molecule has 208 valence electrons. The zero-order chi connectivity index (χ0) is 26.0. The maximum atomic E-state index is 13.2. The van der Waals surface area contributed by atoms with Crippen molar-refractivity contribution in [3.63, 3.8) is 0 Å². The van der Waals surface area contributed by atoms with Gasteiger partial charge in [0.2, 0.25) is 5.91 Å². The van der Waals surface area contributed by atoms with Crippen LogP contribution in [0.5, 0.6) is 0 Å². The number of carbonyl (C=O) groups is 1. The second kappa shape index (κ2) is 11.8. The lowest BCUT2D eigenvalue weighted by Gasteiger charge is -2.48. The Kier molecular flexibility index (Phi) is 9.21. The summed E-state index contributed by atoms with van der Waals surface area (Å²) >= 11 is 0. The van der Waals surface area contributed by atoms with Crippen LogP contribution in [0.2, 0.25) is 0 Å². The third-order valence-corrected chi connectivity index (χ3v) is 9.02. The molecule has 0 aromatic heterocycles. The van der Waals surface area contributed by atoms with Crippen LogP contribution < -0.4 is 32.7 Å². The highest BCUT2D eigenvalue weighted by Gasteiger charge is 2.44. The molecule has 0 aromatic carbocycles. The van der Waals surface area contributed by atoms with Crippen LogP contribution in [0.3, 0.4) is 0 Å². The minimum atomic E-state index is -4.09. The highest BCUT2D eigenvalue weighted by molar-refractivity contribution is 5.77. The van der Waals surface area contributed by atoms with E-state index >= 15 is 0 Å².